The summed E-state index contributed by atoms with van der Waals surface area (Å²) in [6.45, 7) is 3.68. The largest absolute Gasteiger partial charge is 0.490 e. The van der Waals surface area contributed by atoms with Crippen LogP contribution in [-0.2, 0) is 6.18 Å². The van der Waals surface area contributed by atoms with Crippen LogP contribution in [0.25, 0.3) is 0 Å². The fraction of sp³-hybridized carbons (Fsp3) is 0.625. The van der Waals surface area contributed by atoms with Gasteiger partial charge in [-0.15, -0.1) is 0 Å². The predicted molar refractivity (Wildman–Crippen MR) is 77.8 cm³/mol. The number of hydrogen-bond acceptors (Lipinski definition) is 3. The molecule has 3 rings (SSSR count). The van der Waals surface area contributed by atoms with Crippen molar-refractivity contribution < 1.29 is 17.9 Å². The quantitative estimate of drug-likeness (QED) is 0.834. The lowest BCUT2D eigenvalue weighted by Crippen LogP contribution is -2.60. The van der Waals surface area contributed by atoms with E-state index in [1.807, 2.05) is 0 Å². The third kappa shape index (κ3) is 3.22. The molecule has 0 spiro atoms. The van der Waals surface area contributed by atoms with Crippen LogP contribution in [0.1, 0.15) is 5.56 Å². The Morgan fingerprint density at radius 3 is 2.05 bits per heavy atom. The monoisotopic (exact) mass is 314 g/mol. The van der Waals surface area contributed by atoms with Crippen molar-refractivity contribution in [2.75, 3.05) is 40.3 Å². The van der Waals surface area contributed by atoms with Crippen molar-refractivity contribution in [2.45, 2.75) is 12.3 Å². The van der Waals surface area contributed by atoms with E-state index in [1.165, 1.54) is 6.07 Å². The number of likely N-dealkylation sites (tertiary alicyclic amines) is 2. The normalized spacial score (nSPS) is 30.3. The van der Waals surface area contributed by atoms with Gasteiger partial charge in [0.1, 0.15) is 11.9 Å². The summed E-state index contributed by atoms with van der Waals surface area (Å²) in [6, 6.07) is 5.22. The van der Waals surface area contributed by atoms with Gasteiger partial charge in [-0.2, -0.15) is 13.2 Å². The Hall–Kier alpha value is -1.27. The lowest BCUT2D eigenvalue weighted by atomic mass is 9.82. The molecule has 0 radical (unpaired) electrons. The molecule has 6 heteroatoms. The molecule has 0 atom stereocenters. The van der Waals surface area contributed by atoms with Gasteiger partial charge in [-0.25, -0.2) is 0 Å². The zero-order valence-electron chi connectivity index (χ0n) is 12.8. The predicted octanol–water partition coefficient (Wildman–Crippen LogP) is 2.58. The van der Waals surface area contributed by atoms with Crippen molar-refractivity contribution >= 4 is 0 Å². The Kier molecular flexibility index (Phi) is 4.07. The minimum absolute atomic E-state index is 0.00381. The highest BCUT2D eigenvalue weighted by Crippen LogP contribution is 2.34. The molecule has 0 aromatic heterocycles. The number of fused-ring (bicyclic) bond motifs is 2. The minimum Gasteiger partial charge on any atom is -0.490 e. The number of nitrogens with zero attached hydrogens (tertiary/aromatic N) is 2. The smallest absolute Gasteiger partial charge is 0.416 e. The van der Waals surface area contributed by atoms with Gasteiger partial charge >= 0.3 is 6.18 Å². The van der Waals surface area contributed by atoms with Crippen LogP contribution in [-0.4, -0.2) is 56.2 Å². The summed E-state index contributed by atoms with van der Waals surface area (Å²) in [5.74, 6) is 0.984. The second kappa shape index (κ2) is 5.74. The molecule has 0 saturated carbocycles. The third-order valence-corrected chi connectivity index (χ3v) is 4.55. The van der Waals surface area contributed by atoms with Gasteiger partial charge < -0.3 is 14.5 Å². The number of benzene rings is 1. The molecule has 0 unspecified atom stereocenters. The van der Waals surface area contributed by atoms with Gasteiger partial charge in [0.25, 0.3) is 0 Å². The average Bonchev–Trinajstić information content (AvgIpc) is 2.40. The Bertz CT molecular complexity index is 504. The van der Waals surface area contributed by atoms with Gasteiger partial charge in [-0.3, -0.25) is 0 Å². The summed E-state index contributed by atoms with van der Waals surface area (Å²) in [7, 11) is 4.18. The first-order valence-electron chi connectivity index (χ1n) is 7.54. The zero-order chi connectivity index (χ0) is 15.9. The van der Waals surface area contributed by atoms with Gasteiger partial charge in [-0.05, 0) is 32.3 Å². The molecular formula is C16H21F3N2O. The van der Waals surface area contributed by atoms with Crippen molar-refractivity contribution in [3.8, 4) is 5.75 Å². The van der Waals surface area contributed by atoms with E-state index in [0.29, 0.717) is 17.6 Å². The fourth-order valence-corrected chi connectivity index (χ4v) is 3.76. The molecule has 2 heterocycles. The van der Waals surface area contributed by atoms with Gasteiger partial charge in [-0.1, -0.05) is 6.07 Å². The van der Waals surface area contributed by atoms with Crippen LogP contribution in [0, 0.1) is 11.8 Å². The summed E-state index contributed by atoms with van der Waals surface area (Å²) in [6.07, 6.45) is -4.33. The first kappa shape index (κ1) is 15.6. The van der Waals surface area contributed by atoms with E-state index < -0.39 is 11.7 Å². The van der Waals surface area contributed by atoms with Gasteiger partial charge in [0.15, 0.2) is 0 Å². The van der Waals surface area contributed by atoms with E-state index >= 15 is 0 Å². The van der Waals surface area contributed by atoms with Crippen LogP contribution >= 0.6 is 0 Å². The third-order valence-electron chi connectivity index (χ3n) is 4.55. The van der Waals surface area contributed by atoms with E-state index in [9.17, 15) is 13.2 Å². The van der Waals surface area contributed by atoms with Crippen LogP contribution in [0.3, 0.4) is 0 Å². The Balaban J connectivity index is 1.78. The topological polar surface area (TPSA) is 15.7 Å². The van der Waals surface area contributed by atoms with Crippen molar-refractivity contribution in [1.82, 2.24) is 9.80 Å². The van der Waals surface area contributed by atoms with E-state index in [1.54, 1.807) is 6.07 Å². The van der Waals surface area contributed by atoms with E-state index in [2.05, 4.69) is 23.9 Å². The Labute approximate surface area is 128 Å². The van der Waals surface area contributed by atoms with Gasteiger partial charge in [0.2, 0.25) is 0 Å². The number of piperidine rings is 2. The molecule has 0 amide bonds. The Morgan fingerprint density at radius 2 is 1.55 bits per heavy atom. The first-order valence-corrected chi connectivity index (χ1v) is 7.54. The number of halogens is 3. The summed E-state index contributed by atoms with van der Waals surface area (Å²) in [4.78, 5) is 4.57. The second-order valence-corrected chi connectivity index (χ2v) is 6.57. The summed E-state index contributed by atoms with van der Waals surface area (Å²) in [5.41, 5.74) is -0.653. The molecule has 2 aliphatic rings. The standard InChI is InChI=1S/C16H21F3N2O/c1-20-7-11-9-21(2)10-12(8-20)15(11)22-14-5-3-4-13(6-14)16(17,18)19/h3-6,11-12,15H,7-10H2,1-2H3. The molecule has 1 aromatic carbocycles. The average molecular weight is 314 g/mol. The molecule has 0 N–H and O–H groups in total. The highest BCUT2D eigenvalue weighted by molar-refractivity contribution is 5.30. The molecule has 0 aliphatic carbocycles. The maximum atomic E-state index is 12.8. The lowest BCUT2D eigenvalue weighted by Gasteiger charge is -2.48. The van der Waals surface area contributed by atoms with Crippen LogP contribution in [0.4, 0.5) is 13.2 Å². The highest BCUT2D eigenvalue weighted by atomic mass is 19.4. The van der Waals surface area contributed by atoms with Gasteiger partial charge in [0.05, 0.1) is 5.56 Å². The molecule has 2 fully saturated rings. The van der Waals surface area contributed by atoms with Gasteiger partial charge in [0, 0.05) is 38.0 Å². The van der Waals surface area contributed by atoms with Crippen molar-refractivity contribution in [1.29, 1.82) is 0 Å². The van der Waals surface area contributed by atoms with Crippen molar-refractivity contribution in [2.24, 2.45) is 11.8 Å². The molecule has 3 nitrogen and oxygen atoms in total. The van der Waals surface area contributed by atoms with Crippen LogP contribution in [0.15, 0.2) is 24.3 Å². The number of ether oxygens (including phenoxy) is 1. The zero-order valence-corrected chi connectivity index (χ0v) is 12.8. The lowest BCUT2D eigenvalue weighted by molar-refractivity contribution is -0.137. The summed E-state index contributed by atoms with van der Waals surface area (Å²) in [5, 5.41) is 0. The minimum atomic E-state index is -4.33. The van der Waals surface area contributed by atoms with Crippen LogP contribution < -0.4 is 4.74 Å². The highest BCUT2D eigenvalue weighted by Gasteiger charge is 2.42. The maximum absolute atomic E-state index is 12.8. The molecule has 2 aliphatic heterocycles. The first-order chi connectivity index (χ1) is 10.3. The van der Waals surface area contributed by atoms with Crippen molar-refractivity contribution in [3.63, 3.8) is 0 Å². The Morgan fingerprint density at radius 1 is 1.00 bits per heavy atom. The van der Waals surface area contributed by atoms with Crippen LogP contribution in [0.2, 0.25) is 0 Å². The summed E-state index contributed by atoms with van der Waals surface area (Å²) < 4.78 is 44.4. The molecule has 2 bridgehead atoms. The van der Waals surface area contributed by atoms with Crippen LogP contribution in [0.5, 0.6) is 5.75 Å². The number of rotatable bonds is 2. The summed E-state index contributed by atoms with van der Waals surface area (Å²) >= 11 is 0. The number of hydrogen-bond donors (Lipinski definition) is 0. The molecule has 122 valence electrons. The second-order valence-electron chi connectivity index (χ2n) is 6.57. The van der Waals surface area contributed by atoms with E-state index in [0.717, 1.165) is 38.3 Å². The maximum Gasteiger partial charge on any atom is 0.416 e. The van der Waals surface area contributed by atoms with E-state index in [-0.39, 0.29) is 6.10 Å². The molecular weight excluding hydrogens is 293 g/mol. The van der Waals surface area contributed by atoms with Crippen molar-refractivity contribution in [3.05, 3.63) is 29.8 Å². The molecule has 22 heavy (non-hydrogen) atoms. The fourth-order valence-electron chi connectivity index (χ4n) is 3.76. The molecule has 2 saturated heterocycles. The SMILES string of the molecule is CN1CC2CN(C)CC(C1)C2Oc1cccc(C(F)(F)F)c1. The van der Waals surface area contributed by atoms with E-state index in [4.69, 9.17) is 4.74 Å². The number of alkyl halides is 3. The molecule has 1 aromatic rings.